The van der Waals surface area contributed by atoms with Crippen molar-refractivity contribution in [2.45, 2.75) is 43.4 Å². The highest BCUT2D eigenvalue weighted by molar-refractivity contribution is 7.91. The molecule has 1 saturated heterocycles. The van der Waals surface area contributed by atoms with Gasteiger partial charge in [0.2, 0.25) is 10.0 Å². The lowest BCUT2D eigenvalue weighted by molar-refractivity contribution is 0.0977. The summed E-state index contributed by atoms with van der Waals surface area (Å²) in [6.07, 6.45) is 3.45. The van der Waals surface area contributed by atoms with Crippen LogP contribution in [0.3, 0.4) is 0 Å². The van der Waals surface area contributed by atoms with Gasteiger partial charge < -0.3 is 4.90 Å². The number of benzene rings is 2. The van der Waals surface area contributed by atoms with Crippen molar-refractivity contribution in [2.75, 3.05) is 31.1 Å². The van der Waals surface area contributed by atoms with Crippen molar-refractivity contribution < 1.29 is 17.6 Å². The third-order valence-corrected chi connectivity index (χ3v) is 9.21. The summed E-state index contributed by atoms with van der Waals surface area (Å²) in [5.74, 6) is -1.16. The molecule has 6 nitrogen and oxygen atoms in total. The van der Waals surface area contributed by atoms with E-state index in [1.54, 1.807) is 0 Å². The van der Waals surface area contributed by atoms with Gasteiger partial charge in [-0.05, 0) is 67.0 Å². The van der Waals surface area contributed by atoms with Crippen LogP contribution in [-0.2, 0) is 16.6 Å². The van der Waals surface area contributed by atoms with Crippen molar-refractivity contribution in [3.05, 3.63) is 62.9 Å². The van der Waals surface area contributed by atoms with Gasteiger partial charge in [-0.25, -0.2) is 17.5 Å². The minimum Gasteiger partial charge on any atom is -0.369 e. The lowest BCUT2D eigenvalue weighted by Gasteiger charge is -2.36. The van der Waals surface area contributed by atoms with Crippen LogP contribution in [0.1, 0.15) is 53.1 Å². The van der Waals surface area contributed by atoms with E-state index < -0.39 is 27.0 Å². The average molecular weight is 526 g/mol. The number of hydrogen-bond acceptors (Lipinski definition) is 5. The molecule has 10 heteroatoms. The highest BCUT2D eigenvalue weighted by Gasteiger charge is 2.37. The monoisotopic (exact) mass is 525 g/mol. The van der Waals surface area contributed by atoms with Gasteiger partial charge in [0.05, 0.1) is 10.8 Å². The van der Waals surface area contributed by atoms with Crippen molar-refractivity contribution in [2.24, 2.45) is 0 Å². The lowest BCUT2D eigenvalue weighted by Crippen LogP contribution is -2.46. The zero-order chi connectivity index (χ0) is 24.0. The van der Waals surface area contributed by atoms with Gasteiger partial charge in [-0.3, -0.25) is 9.69 Å². The lowest BCUT2D eigenvalue weighted by atomic mass is 10.1. The Hall–Kier alpha value is -1.87. The molecule has 2 saturated carbocycles. The fourth-order valence-corrected chi connectivity index (χ4v) is 6.22. The number of amides is 1. The number of piperazine rings is 1. The SMILES string of the molecule is O=C(NS(=O)(=O)C1CC1)c1cc(Cl)c(CN2CCN(c3ccc(C4CC4)c(Cl)c3)CC2)cc1F. The number of rotatable bonds is 7. The molecule has 1 N–H and O–H groups in total. The molecular formula is C24H26Cl2FN3O3S. The van der Waals surface area contributed by atoms with Crippen molar-refractivity contribution in [3.63, 3.8) is 0 Å². The summed E-state index contributed by atoms with van der Waals surface area (Å²) in [5, 5.41) is 0.499. The average Bonchev–Trinajstić information content (AvgIpc) is 3.69. The highest BCUT2D eigenvalue weighted by atomic mass is 35.5. The van der Waals surface area contributed by atoms with Gasteiger partial charge in [0.15, 0.2) is 0 Å². The van der Waals surface area contributed by atoms with E-state index in [1.807, 2.05) is 10.8 Å². The van der Waals surface area contributed by atoms with Gasteiger partial charge in [0.25, 0.3) is 5.91 Å². The summed E-state index contributed by atoms with van der Waals surface area (Å²) in [7, 11) is -3.76. The zero-order valence-corrected chi connectivity index (χ0v) is 20.9. The van der Waals surface area contributed by atoms with Gasteiger partial charge >= 0.3 is 0 Å². The molecule has 1 aliphatic heterocycles. The molecule has 3 aliphatic rings. The molecule has 3 fully saturated rings. The second-order valence-electron chi connectivity index (χ2n) is 9.34. The van der Waals surface area contributed by atoms with Crippen LogP contribution in [0, 0.1) is 5.82 Å². The second kappa shape index (κ2) is 9.30. The molecule has 1 amide bonds. The largest absolute Gasteiger partial charge is 0.369 e. The number of carbonyl (C=O) groups is 1. The van der Waals surface area contributed by atoms with Gasteiger partial charge in [-0.15, -0.1) is 0 Å². The molecule has 2 aromatic carbocycles. The summed E-state index contributed by atoms with van der Waals surface area (Å²) in [4.78, 5) is 16.8. The van der Waals surface area contributed by atoms with Crippen LogP contribution in [0.5, 0.6) is 0 Å². The van der Waals surface area contributed by atoms with E-state index in [1.165, 1.54) is 30.5 Å². The molecule has 0 aromatic heterocycles. The predicted molar refractivity (Wildman–Crippen MR) is 132 cm³/mol. The molecule has 0 bridgehead atoms. The van der Waals surface area contributed by atoms with E-state index >= 15 is 0 Å². The summed E-state index contributed by atoms with van der Waals surface area (Å²) in [6.45, 7) is 3.58. The first kappa shape index (κ1) is 23.9. The van der Waals surface area contributed by atoms with Gasteiger partial charge in [-0.1, -0.05) is 29.3 Å². The van der Waals surface area contributed by atoms with Crippen LogP contribution in [0.4, 0.5) is 10.1 Å². The van der Waals surface area contributed by atoms with Crippen LogP contribution in [0.2, 0.25) is 10.0 Å². The Labute approximate surface area is 209 Å². The van der Waals surface area contributed by atoms with Gasteiger partial charge in [0.1, 0.15) is 5.82 Å². The number of carbonyl (C=O) groups excluding carboxylic acids is 1. The molecule has 34 heavy (non-hydrogen) atoms. The number of halogens is 3. The van der Waals surface area contributed by atoms with Crippen molar-refractivity contribution in [1.29, 1.82) is 0 Å². The minimum absolute atomic E-state index is 0.236. The maximum atomic E-state index is 14.7. The van der Waals surface area contributed by atoms with E-state index in [9.17, 15) is 17.6 Å². The van der Waals surface area contributed by atoms with E-state index in [0.29, 0.717) is 30.9 Å². The van der Waals surface area contributed by atoms with Crippen LogP contribution < -0.4 is 9.62 Å². The molecule has 2 aliphatic carbocycles. The third-order valence-electron chi connectivity index (χ3n) is 6.71. The van der Waals surface area contributed by atoms with Crippen LogP contribution in [-0.4, -0.2) is 50.7 Å². The fourth-order valence-electron chi connectivity index (χ4n) is 4.37. The summed E-state index contributed by atoms with van der Waals surface area (Å²) >= 11 is 12.8. The van der Waals surface area contributed by atoms with Gasteiger partial charge in [-0.2, -0.15) is 0 Å². The Balaban J connectivity index is 1.20. The predicted octanol–water partition coefficient (Wildman–Crippen LogP) is 4.55. The number of anilines is 1. The summed E-state index contributed by atoms with van der Waals surface area (Å²) in [6, 6.07) is 8.75. The Kier molecular flexibility index (Phi) is 6.52. The Bertz CT molecular complexity index is 1220. The molecule has 0 atom stereocenters. The topological polar surface area (TPSA) is 69.7 Å². The molecule has 0 unspecified atom stereocenters. The van der Waals surface area contributed by atoms with Gasteiger partial charge in [0, 0.05) is 48.5 Å². The zero-order valence-electron chi connectivity index (χ0n) is 18.6. The molecule has 182 valence electrons. The number of nitrogens with zero attached hydrogens (tertiary/aromatic N) is 2. The molecular weight excluding hydrogens is 500 g/mol. The van der Waals surface area contributed by atoms with Crippen LogP contribution in [0.25, 0.3) is 0 Å². The maximum Gasteiger partial charge on any atom is 0.267 e. The second-order valence-corrected chi connectivity index (χ2v) is 12.1. The van der Waals surface area contributed by atoms with E-state index in [0.717, 1.165) is 36.9 Å². The summed E-state index contributed by atoms with van der Waals surface area (Å²) in [5.41, 5.74) is 2.54. The first-order valence-electron chi connectivity index (χ1n) is 11.5. The normalized spacial score (nSPS) is 19.3. The minimum atomic E-state index is -3.76. The van der Waals surface area contributed by atoms with Crippen molar-refractivity contribution in [3.8, 4) is 0 Å². The van der Waals surface area contributed by atoms with Crippen LogP contribution in [0.15, 0.2) is 30.3 Å². The summed E-state index contributed by atoms with van der Waals surface area (Å²) < 4.78 is 40.6. The number of nitrogens with one attached hydrogen (secondary N) is 1. The van der Waals surface area contributed by atoms with E-state index in [2.05, 4.69) is 21.9 Å². The Morgan fingerprint density at radius 2 is 1.71 bits per heavy atom. The first-order chi connectivity index (χ1) is 16.2. The molecule has 1 heterocycles. The Morgan fingerprint density at radius 3 is 2.32 bits per heavy atom. The molecule has 2 aromatic rings. The fraction of sp³-hybridized carbons (Fsp3) is 0.458. The molecule has 0 radical (unpaired) electrons. The van der Waals surface area contributed by atoms with E-state index in [-0.39, 0.29) is 10.6 Å². The number of hydrogen-bond donors (Lipinski definition) is 1. The number of sulfonamides is 1. The molecule has 0 spiro atoms. The first-order valence-corrected chi connectivity index (χ1v) is 13.8. The van der Waals surface area contributed by atoms with Crippen molar-refractivity contribution >= 4 is 44.8 Å². The molecule has 5 rings (SSSR count). The van der Waals surface area contributed by atoms with Crippen molar-refractivity contribution in [1.82, 2.24) is 9.62 Å². The van der Waals surface area contributed by atoms with E-state index in [4.69, 9.17) is 23.2 Å². The smallest absolute Gasteiger partial charge is 0.267 e. The maximum absolute atomic E-state index is 14.7. The van der Waals surface area contributed by atoms with Crippen LogP contribution >= 0.6 is 23.2 Å². The third kappa shape index (κ3) is 5.20. The Morgan fingerprint density at radius 1 is 1.00 bits per heavy atom. The quantitative estimate of drug-likeness (QED) is 0.573. The standard InChI is InChI=1S/C24H26Cl2FN3O3S/c25-21-13-20(24(31)28-34(32,33)18-4-5-18)23(27)11-16(21)14-29-7-9-30(10-8-29)17-3-6-19(15-1-2-15)22(26)12-17/h3,6,11-13,15,18H,1-2,4-5,7-10,14H2,(H,28,31). The highest BCUT2D eigenvalue weighted by Crippen LogP contribution is 2.44.